The number of amides is 2. The Morgan fingerprint density at radius 1 is 1.53 bits per heavy atom. The maximum atomic E-state index is 10.8. The van der Waals surface area contributed by atoms with Crippen molar-refractivity contribution in [2.45, 2.75) is 6.42 Å². The maximum Gasteiger partial charge on any atom is 0.334 e. The SMILES string of the molecule is COc1cc(C/C=N/C(=O)C(N)=O)ccc1O. The van der Waals surface area contributed by atoms with Gasteiger partial charge in [-0.25, -0.2) is 4.99 Å². The van der Waals surface area contributed by atoms with Crippen LogP contribution in [0.25, 0.3) is 0 Å². The highest BCUT2D eigenvalue weighted by molar-refractivity contribution is 6.35. The van der Waals surface area contributed by atoms with Crippen LogP contribution in [0, 0.1) is 0 Å². The first-order valence-electron chi connectivity index (χ1n) is 4.76. The molecule has 3 N–H and O–H groups in total. The van der Waals surface area contributed by atoms with Gasteiger partial charge in [0.1, 0.15) is 0 Å². The lowest BCUT2D eigenvalue weighted by molar-refractivity contribution is -0.135. The molecule has 0 aliphatic heterocycles. The number of carbonyl (C=O) groups is 2. The molecule has 0 aromatic heterocycles. The van der Waals surface area contributed by atoms with Gasteiger partial charge in [-0.3, -0.25) is 9.59 Å². The van der Waals surface area contributed by atoms with Crippen molar-refractivity contribution in [3.8, 4) is 11.5 Å². The average molecular weight is 236 g/mol. The normalized spacial score (nSPS) is 10.4. The van der Waals surface area contributed by atoms with Gasteiger partial charge < -0.3 is 15.6 Å². The minimum Gasteiger partial charge on any atom is -0.504 e. The van der Waals surface area contributed by atoms with Crippen molar-refractivity contribution in [2.24, 2.45) is 10.7 Å². The van der Waals surface area contributed by atoms with E-state index in [4.69, 9.17) is 10.5 Å². The molecular weight excluding hydrogens is 224 g/mol. The van der Waals surface area contributed by atoms with E-state index >= 15 is 0 Å². The van der Waals surface area contributed by atoms with E-state index in [0.717, 1.165) is 5.56 Å². The van der Waals surface area contributed by atoms with Crippen LogP contribution < -0.4 is 10.5 Å². The van der Waals surface area contributed by atoms with Gasteiger partial charge in [0.2, 0.25) is 0 Å². The molecule has 17 heavy (non-hydrogen) atoms. The summed E-state index contributed by atoms with van der Waals surface area (Å²) in [5.41, 5.74) is 5.50. The topological polar surface area (TPSA) is 102 Å². The predicted octanol–water partition coefficient (Wildman–Crippen LogP) is 0.0260. The van der Waals surface area contributed by atoms with Crippen molar-refractivity contribution < 1.29 is 19.4 Å². The fourth-order valence-electron chi connectivity index (χ4n) is 1.15. The van der Waals surface area contributed by atoms with Crippen LogP contribution in [-0.2, 0) is 16.0 Å². The fraction of sp³-hybridized carbons (Fsp3) is 0.182. The first kappa shape index (κ1) is 12.7. The summed E-state index contributed by atoms with van der Waals surface area (Å²) in [7, 11) is 1.43. The smallest absolute Gasteiger partial charge is 0.334 e. The zero-order chi connectivity index (χ0) is 12.8. The number of hydrogen-bond acceptors (Lipinski definition) is 4. The molecule has 0 fully saturated rings. The van der Waals surface area contributed by atoms with Gasteiger partial charge in [0, 0.05) is 12.6 Å². The summed E-state index contributed by atoms with van der Waals surface area (Å²) in [5.74, 6) is -1.72. The molecule has 0 radical (unpaired) electrons. The van der Waals surface area contributed by atoms with Crippen molar-refractivity contribution in [2.75, 3.05) is 7.11 Å². The second-order valence-corrected chi connectivity index (χ2v) is 3.19. The Balaban J connectivity index is 2.70. The molecule has 0 bridgehead atoms. The fourth-order valence-corrected chi connectivity index (χ4v) is 1.15. The molecule has 0 heterocycles. The van der Waals surface area contributed by atoms with Crippen LogP contribution in [0.3, 0.4) is 0 Å². The molecule has 1 rings (SSSR count). The van der Waals surface area contributed by atoms with E-state index in [2.05, 4.69) is 4.99 Å². The number of methoxy groups -OCH3 is 1. The number of nitrogens with two attached hydrogens (primary N) is 1. The third-order valence-electron chi connectivity index (χ3n) is 1.99. The molecule has 0 spiro atoms. The number of phenolic OH excluding ortho intramolecular Hbond substituents is 1. The van der Waals surface area contributed by atoms with Crippen LogP contribution in [0.1, 0.15) is 5.56 Å². The Kier molecular flexibility index (Phi) is 4.21. The van der Waals surface area contributed by atoms with Gasteiger partial charge in [0.05, 0.1) is 7.11 Å². The number of primary amides is 1. The number of aromatic hydroxyl groups is 1. The summed E-state index contributed by atoms with van der Waals surface area (Å²) in [5, 5.41) is 9.35. The van der Waals surface area contributed by atoms with Gasteiger partial charge in [0.15, 0.2) is 11.5 Å². The number of nitrogens with zero attached hydrogens (tertiary/aromatic N) is 1. The van der Waals surface area contributed by atoms with Gasteiger partial charge >= 0.3 is 11.8 Å². The molecule has 0 aliphatic rings. The molecule has 6 heteroatoms. The Bertz CT molecular complexity index is 469. The summed E-state index contributed by atoms with van der Waals surface area (Å²) < 4.78 is 4.92. The lowest BCUT2D eigenvalue weighted by Gasteiger charge is -2.04. The summed E-state index contributed by atoms with van der Waals surface area (Å²) >= 11 is 0. The molecular formula is C11H12N2O4. The summed E-state index contributed by atoms with van der Waals surface area (Å²) in [4.78, 5) is 24.5. The summed E-state index contributed by atoms with van der Waals surface area (Å²) in [6.07, 6.45) is 1.61. The third-order valence-corrected chi connectivity index (χ3v) is 1.99. The van der Waals surface area contributed by atoms with E-state index in [9.17, 15) is 14.7 Å². The van der Waals surface area contributed by atoms with Gasteiger partial charge in [-0.2, -0.15) is 0 Å². The lowest BCUT2D eigenvalue weighted by Crippen LogP contribution is -2.21. The highest BCUT2D eigenvalue weighted by Crippen LogP contribution is 2.26. The Hall–Kier alpha value is -2.37. The minimum atomic E-state index is -1.09. The first-order valence-corrected chi connectivity index (χ1v) is 4.76. The zero-order valence-electron chi connectivity index (χ0n) is 9.21. The molecule has 0 unspecified atom stereocenters. The van der Waals surface area contributed by atoms with E-state index in [1.807, 2.05) is 0 Å². The third kappa shape index (κ3) is 3.60. The number of benzene rings is 1. The van der Waals surface area contributed by atoms with Gasteiger partial charge in [-0.15, -0.1) is 0 Å². The van der Waals surface area contributed by atoms with E-state index in [1.54, 1.807) is 12.1 Å². The van der Waals surface area contributed by atoms with E-state index in [-0.39, 0.29) is 5.75 Å². The van der Waals surface area contributed by atoms with E-state index in [0.29, 0.717) is 12.2 Å². The van der Waals surface area contributed by atoms with Gasteiger partial charge in [-0.05, 0) is 17.7 Å². The summed E-state index contributed by atoms with van der Waals surface area (Å²) in [6.45, 7) is 0. The second-order valence-electron chi connectivity index (χ2n) is 3.19. The van der Waals surface area contributed by atoms with Crippen LogP contribution in [0.5, 0.6) is 11.5 Å². The number of aliphatic imine (C=N–C) groups is 1. The Labute approximate surface area is 97.7 Å². The predicted molar refractivity (Wildman–Crippen MR) is 61.1 cm³/mol. The standard InChI is InChI=1S/C11H12N2O4/c1-17-9-6-7(2-3-8(9)14)4-5-13-11(16)10(12)15/h2-3,5-6,14H,4H2,1H3,(H2,12,15)/b13-5+. The number of rotatable bonds is 3. The highest BCUT2D eigenvalue weighted by atomic mass is 16.5. The Morgan fingerprint density at radius 2 is 2.24 bits per heavy atom. The van der Waals surface area contributed by atoms with E-state index in [1.165, 1.54) is 19.4 Å². The van der Waals surface area contributed by atoms with Crippen LogP contribution >= 0.6 is 0 Å². The maximum absolute atomic E-state index is 10.8. The molecule has 2 amide bonds. The molecule has 0 saturated carbocycles. The van der Waals surface area contributed by atoms with Crippen molar-refractivity contribution in [3.05, 3.63) is 23.8 Å². The number of ether oxygens (including phenoxy) is 1. The Morgan fingerprint density at radius 3 is 2.82 bits per heavy atom. The quantitative estimate of drug-likeness (QED) is 0.570. The second kappa shape index (κ2) is 5.64. The van der Waals surface area contributed by atoms with Crippen molar-refractivity contribution in [1.29, 1.82) is 0 Å². The monoisotopic (exact) mass is 236 g/mol. The van der Waals surface area contributed by atoms with Gasteiger partial charge in [0.25, 0.3) is 0 Å². The van der Waals surface area contributed by atoms with Gasteiger partial charge in [-0.1, -0.05) is 6.07 Å². The molecule has 0 atom stereocenters. The van der Waals surface area contributed by atoms with Crippen LogP contribution in [0.2, 0.25) is 0 Å². The lowest BCUT2D eigenvalue weighted by atomic mass is 10.1. The van der Waals surface area contributed by atoms with Crippen molar-refractivity contribution >= 4 is 18.0 Å². The minimum absolute atomic E-state index is 0.0291. The zero-order valence-corrected chi connectivity index (χ0v) is 9.21. The average Bonchev–Trinajstić information content (AvgIpc) is 2.31. The largest absolute Gasteiger partial charge is 0.504 e. The molecule has 1 aromatic rings. The molecule has 1 aromatic carbocycles. The van der Waals surface area contributed by atoms with Crippen LogP contribution in [0.15, 0.2) is 23.2 Å². The highest BCUT2D eigenvalue weighted by Gasteiger charge is 2.05. The molecule has 90 valence electrons. The number of phenols is 1. The van der Waals surface area contributed by atoms with Crippen LogP contribution in [0.4, 0.5) is 0 Å². The van der Waals surface area contributed by atoms with Crippen molar-refractivity contribution in [1.82, 2.24) is 0 Å². The van der Waals surface area contributed by atoms with E-state index < -0.39 is 11.8 Å². The number of hydrogen-bond donors (Lipinski definition) is 2. The molecule has 0 saturated heterocycles. The van der Waals surface area contributed by atoms with Crippen molar-refractivity contribution in [3.63, 3.8) is 0 Å². The molecule has 0 aliphatic carbocycles. The first-order chi connectivity index (χ1) is 8.04. The molecule has 6 nitrogen and oxygen atoms in total. The summed E-state index contributed by atoms with van der Waals surface area (Å²) in [6, 6.07) is 4.73. The number of carbonyl (C=O) groups excluding carboxylic acids is 2. The van der Waals surface area contributed by atoms with Crippen LogP contribution in [-0.4, -0.2) is 30.2 Å².